The molecular weight excluding hydrogens is 314 g/mol. The molecule has 0 spiro atoms. The van der Waals surface area contributed by atoms with Crippen LogP contribution in [0.4, 0.5) is 11.4 Å². The maximum Gasteiger partial charge on any atom is 0.0992 e. The van der Waals surface area contributed by atoms with Gasteiger partial charge in [-0.3, -0.25) is 0 Å². The average molecular weight is 328 g/mol. The predicted octanol–water partition coefficient (Wildman–Crippen LogP) is 4.00. The Balaban J connectivity index is 1.86. The van der Waals surface area contributed by atoms with E-state index in [1.807, 2.05) is 24.3 Å². The Labute approximate surface area is 126 Å². The number of benzene rings is 2. The molecule has 0 bridgehead atoms. The molecule has 0 amide bonds. The van der Waals surface area contributed by atoms with Crippen molar-refractivity contribution < 1.29 is 0 Å². The number of nitriles is 1. The van der Waals surface area contributed by atoms with Gasteiger partial charge in [-0.05, 0) is 70.2 Å². The van der Waals surface area contributed by atoms with Gasteiger partial charge in [0.2, 0.25) is 0 Å². The van der Waals surface area contributed by atoms with Crippen LogP contribution in [0.2, 0.25) is 0 Å². The summed E-state index contributed by atoms with van der Waals surface area (Å²) in [5.74, 6) is 0. The van der Waals surface area contributed by atoms with Crippen molar-refractivity contribution in [2.24, 2.45) is 0 Å². The maximum absolute atomic E-state index is 8.89. The molecule has 2 aromatic carbocycles. The number of rotatable bonds is 2. The van der Waals surface area contributed by atoms with Gasteiger partial charge in [-0.15, -0.1) is 0 Å². The van der Waals surface area contributed by atoms with Crippen LogP contribution < -0.4 is 11.1 Å². The molecule has 0 heterocycles. The lowest BCUT2D eigenvalue weighted by molar-refractivity contribution is 0.761. The Morgan fingerprint density at radius 1 is 1.25 bits per heavy atom. The van der Waals surface area contributed by atoms with Crippen molar-refractivity contribution in [3.05, 3.63) is 57.6 Å². The van der Waals surface area contributed by atoms with Crippen molar-refractivity contribution in [2.45, 2.75) is 18.9 Å². The van der Waals surface area contributed by atoms with Gasteiger partial charge in [-0.1, -0.05) is 6.07 Å². The molecule has 1 atom stereocenters. The number of hydrogen-bond donors (Lipinski definition) is 2. The molecule has 100 valence electrons. The largest absolute Gasteiger partial charge is 0.399 e. The summed E-state index contributed by atoms with van der Waals surface area (Å²) in [6.07, 6.45) is 2.11. The van der Waals surface area contributed by atoms with Crippen molar-refractivity contribution in [2.75, 3.05) is 11.1 Å². The molecule has 0 saturated carbocycles. The molecule has 20 heavy (non-hydrogen) atoms. The summed E-state index contributed by atoms with van der Waals surface area (Å²) < 4.78 is 0.917. The van der Waals surface area contributed by atoms with Crippen LogP contribution in [-0.4, -0.2) is 0 Å². The molecule has 1 aliphatic carbocycles. The smallest absolute Gasteiger partial charge is 0.0992 e. The van der Waals surface area contributed by atoms with Crippen LogP contribution in [0.15, 0.2) is 40.9 Å². The maximum atomic E-state index is 8.89. The molecule has 0 fully saturated rings. The Kier molecular flexibility index (Phi) is 3.37. The highest BCUT2D eigenvalue weighted by molar-refractivity contribution is 9.10. The molecular formula is C16H14BrN3. The Bertz CT molecular complexity index is 703. The molecule has 4 heteroatoms. The minimum atomic E-state index is 0.301. The first kappa shape index (κ1) is 13.0. The quantitative estimate of drug-likeness (QED) is 0.819. The number of nitrogens with one attached hydrogen (secondary N) is 1. The van der Waals surface area contributed by atoms with Crippen molar-refractivity contribution >= 4 is 27.3 Å². The lowest BCUT2D eigenvalue weighted by Crippen LogP contribution is -2.07. The second-order valence-corrected chi connectivity index (χ2v) is 5.85. The fourth-order valence-corrected chi connectivity index (χ4v) is 3.17. The van der Waals surface area contributed by atoms with E-state index in [1.54, 1.807) is 0 Å². The van der Waals surface area contributed by atoms with Crippen LogP contribution in [-0.2, 0) is 6.42 Å². The summed E-state index contributed by atoms with van der Waals surface area (Å²) in [6.45, 7) is 0. The molecule has 3 nitrogen and oxygen atoms in total. The zero-order valence-electron chi connectivity index (χ0n) is 10.9. The number of nitrogens with two attached hydrogens (primary N) is 1. The fraction of sp³-hybridized carbons (Fsp3) is 0.188. The monoisotopic (exact) mass is 327 g/mol. The Morgan fingerprint density at radius 3 is 2.85 bits per heavy atom. The van der Waals surface area contributed by atoms with Crippen LogP contribution in [0, 0.1) is 11.3 Å². The summed E-state index contributed by atoms with van der Waals surface area (Å²) >= 11 is 3.51. The molecule has 1 unspecified atom stereocenters. The summed E-state index contributed by atoms with van der Waals surface area (Å²) in [5, 5.41) is 12.4. The van der Waals surface area contributed by atoms with E-state index in [9.17, 15) is 0 Å². The van der Waals surface area contributed by atoms with E-state index in [0.29, 0.717) is 11.6 Å². The number of fused-ring (bicyclic) bond motifs is 1. The molecule has 0 radical (unpaired) electrons. The van der Waals surface area contributed by atoms with Crippen LogP contribution in [0.1, 0.15) is 29.2 Å². The van der Waals surface area contributed by atoms with E-state index in [2.05, 4.69) is 39.4 Å². The van der Waals surface area contributed by atoms with Gasteiger partial charge in [-0.2, -0.15) is 5.26 Å². The highest BCUT2D eigenvalue weighted by atomic mass is 79.9. The van der Waals surface area contributed by atoms with E-state index < -0.39 is 0 Å². The summed E-state index contributed by atoms with van der Waals surface area (Å²) in [4.78, 5) is 0. The summed E-state index contributed by atoms with van der Waals surface area (Å²) in [5.41, 5.74) is 11.0. The van der Waals surface area contributed by atoms with Gasteiger partial charge < -0.3 is 11.1 Å². The third kappa shape index (κ3) is 2.37. The van der Waals surface area contributed by atoms with Gasteiger partial charge in [0.15, 0.2) is 0 Å². The first-order valence-electron chi connectivity index (χ1n) is 6.52. The zero-order valence-corrected chi connectivity index (χ0v) is 12.4. The first-order chi connectivity index (χ1) is 9.67. The van der Waals surface area contributed by atoms with Crippen molar-refractivity contribution in [1.29, 1.82) is 5.26 Å². The number of halogens is 1. The number of nitrogens with zero attached hydrogens (tertiary/aromatic N) is 1. The van der Waals surface area contributed by atoms with E-state index in [-0.39, 0.29) is 0 Å². The van der Waals surface area contributed by atoms with Gasteiger partial charge >= 0.3 is 0 Å². The number of anilines is 2. The lowest BCUT2D eigenvalue weighted by atomic mass is 10.1. The van der Waals surface area contributed by atoms with Gasteiger partial charge in [0.05, 0.1) is 17.7 Å². The van der Waals surface area contributed by atoms with Crippen LogP contribution >= 0.6 is 15.9 Å². The van der Waals surface area contributed by atoms with Crippen LogP contribution in [0.5, 0.6) is 0 Å². The standard InChI is InChI=1S/C16H14BrN3/c17-14-7-10(9-18)1-5-16(14)20-15-6-2-11-8-12(19)3-4-13(11)15/h1,3-5,7-8,15,20H,2,6,19H2. The van der Waals surface area contributed by atoms with Crippen molar-refractivity contribution in [1.82, 2.24) is 0 Å². The number of aryl methyl sites for hydroxylation is 1. The molecule has 0 aromatic heterocycles. The first-order valence-corrected chi connectivity index (χ1v) is 7.31. The van der Waals surface area contributed by atoms with Gasteiger partial charge in [-0.25, -0.2) is 0 Å². The third-order valence-corrected chi connectivity index (χ3v) is 4.33. The third-order valence-electron chi connectivity index (χ3n) is 3.67. The molecule has 3 N–H and O–H groups in total. The minimum Gasteiger partial charge on any atom is -0.399 e. The van der Waals surface area contributed by atoms with E-state index >= 15 is 0 Å². The second kappa shape index (κ2) is 5.18. The highest BCUT2D eigenvalue weighted by Crippen LogP contribution is 2.36. The zero-order chi connectivity index (χ0) is 14.1. The molecule has 2 aromatic rings. The van der Waals surface area contributed by atoms with Crippen molar-refractivity contribution in [3.63, 3.8) is 0 Å². The van der Waals surface area contributed by atoms with Crippen LogP contribution in [0.3, 0.4) is 0 Å². The highest BCUT2D eigenvalue weighted by Gasteiger charge is 2.22. The SMILES string of the molecule is N#Cc1ccc(NC2CCc3cc(N)ccc32)c(Br)c1. The molecule has 1 aliphatic rings. The van der Waals surface area contributed by atoms with Crippen molar-refractivity contribution in [3.8, 4) is 6.07 Å². The minimum absolute atomic E-state index is 0.301. The predicted molar refractivity (Wildman–Crippen MR) is 84.4 cm³/mol. The van der Waals surface area contributed by atoms with Gasteiger partial charge in [0.25, 0.3) is 0 Å². The van der Waals surface area contributed by atoms with Gasteiger partial charge in [0.1, 0.15) is 0 Å². The Morgan fingerprint density at radius 2 is 2.10 bits per heavy atom. The Hall–Kier alpha value is -1.99. The normalized spacial score (nSPS) is 16.5. The topological polar surface area (TPSA) is 61.8 Å². The average Bonchev–Trinajstić information content (AvgIpc) is 2.83. The summed E-state index contributed by atoms with van der Waals surface area (Å²) in [6, 6.07) is 14.2. The molecule has 3 rings (SSSR count). The molecule has 0 saturated heterocycles. The van der Waals surface area contributed by atoms with Gasteiger partial charge in [0, 0.05) is 15.8 Å². The van der Waals surface area contributed by atoms with E-state index in [4.69, 9.17) is 11.0 Å². The fourth-order valence-electron chi connectivity index (χ4n) is 2.68. The number of nitrogen functional groups attached to an aromatic ring is 1. The molecule has 0 aliphatic heterocycles. The summed E-state index contributed by atoms with van der Waals surface area (Å²) in [7, 11) is 0. The second-order valence-electron chi connectivity index (χ2n) is 5.00. The number of hydrogen-bond acceptors (Lipinski definition) is 3. The van der Waals surface area contributed by atoms with E-state index in [1.165, 1.54) is 11.1 Å². The lowest BCUT2D eigenvalue weighted by Gasteiger charge is -2.17. The van der Waals surface area contributed by atoms with E-state index in [0.717, 1.165) is 28.7 Å². The van der Waals surface area contributed by atoms with Crippen LogP contribution in [0.25, 0.3) is 0 Å².